The number of thiophene rings is 1. The second-order valence-electron chi connectivity index (χ2n) is 4.42. The molecule has 114 valence electrons. The topological polar surface area (TPSA) is 30.5 Å². The zero-order valence-corrected chi connectivity index (χ0v) is 13.3. The number of hydrogen-bond donors (Lipinski definition) is 1. The third kappa shape index (κ3) is 5.28. The molecule has 0 atom stereocenters. The van der Waals surface area contributed by atoms with Crippen molar-refractivity contribution in [2.75, 3.05) is 20.3 Å². The van der Waals surface area contributed by atoms with Gasteiger partial charge in [0.2, 0.25) is 0 Å². The van der Waals surface area contributed by atoms with Crippen molar-refractivity contribution in [2.45, 2.75) is 13.2 Å². The first kappa shape index (κ1) is 16.2. The van der Waals surface area contributed by atoms with Crippen LogP contribution in [-0.2, 0) is 17.9 Å². The maximum atomic E-state index is 13.4. The normalized spacial score (nSPS) is 10.8. The number of nitrogens with one attached hydrogen (secondary N) is 1. The Hall–Kier alpha value is -1.14. The molecular formula is C15H17ClFNO2S. The standard InChI is InChI=1S/C15H17ClFNO2S/c1-19-7-6-18-9-11-8-12(17)2-4-14(11)20-10-13-3-5-15(16)21-13/h2-5,8,18H,6-7,9-10H2,1H3. The Balaban J connectivity index is 1.97. The molecule has 0 saturated carbocycles. The quantitative estimate of drug-likeness (QED) is 0.746. The highest BCUT2D eigenvalue weighted by molar-refractivity contribution is 7.16. The predicted molar refractivity (Wildman–Crippen MR) is 83.6 cm³/mol. The van der Waals surface area contributed by atoms with E-state index in [0.717, 1.165) is 14.8 Å². The van der Waals surface area contributed by atoms with Crippen LogP contribution in [0.25, 0.3) is 0 Å². The molecule has 0 bridgehead atoms. The first-order chi connectivity index (χ1) is 10.2. The lowest BCUT2D eigenvalue weighted by Crippen LogP contribution is -2.19. The number of rotatable bonds is 8. The van der Waals surface area contributed by atoms with Crippen LogP contribution in [0.4, 0.5) is 4.39 Å². The van der Waals surface area contributed by atoms with Gasteiger partial charge in [0.25, 0.3) is 0 Å². The van der Waals surface area contributed by atoms with E-state index in [4.69, 9.17) is 21.1 Å². The van der Waals surface area contributed by atoms with Crippen LogP contribution in [0.3, 0.4) is 0 Å². The minimum absolute atomic E-state index is 0.273. The molecule has 6 heteroatoms. The molecule has 0 spiro atoms. The Morgan fingerprint density at radius 2 is 2.14 bits per heavy atom. The van der Waals surface area contributed by atoms with Crippen LogP contribution >= 0.6 is 22.9 Å². The van der Waals surface area contributed by atoms with E-state index in [1.54, 1.807) is 13.2 Å². The SMILES string of the molecule is COCCNCc1cc(F)ccc1OCc1ccc(Cl)s1. The van der Waals surface area contributed by atoms with Crippen LogP contribution < -0.4 is 10.1 Å². The van der Waals surface area contributed by atoms with Gasteiger partial charge in [0.15, 0.2) is 0 Å². The van der Waals surface area contributed by atoms with E-state index in [1.807, 2.05) is 12.1 Å². The maximum Gasteiger partial charge on any atom is 0.124 e. The van der Waals surface area contributed by atoms with Gasteiger partial charge in [-0.3, -0.25) is 0 Å². The Bertz CT molecular complexity index is 577. The highest BCUT2D eigenvalue weighted by atomic mass is 35.5. The first-order valence-corrected chi connectivity index (χ1v) is 7.73. The molecule has 1 heterocycles. The highest BCUT2D eigenvalue weighted by Crippen LogP contribution is 2.25. The fourth-order valence-corrected chi connectivity index (χ4v) is 2.80. The van der Waals surface area contributed by atoms with Crippen molar-refractivity contribution in [3.8, 4) is 5.75 Å². The summed E-state index contributed by atoms with van der Waals surface area (Å²) in [6, 6.07) is 8.29. The van der Waals surface area contributed by atoms with E-state index < -0.39 is 0 Å². The van der Waals surface area contributed by atoms with Crippen molar-refractivity contribution in [1.82, 2.24) is 5.32 Å². The minimum Gasteiger partial charge on any atom is -0.488 e. The molecule has 1 aromatic carbocycles. The van der Waals surface area contributed by atoms with Crippen molar-refractivity contribution in [2.24, 2.45) is 0 Å². The summed E-state index contributed by atoms with van der Waals surface area (Å²) in [6.07, 6.45) is 0. The smallest absolute Gasteiger partial charge is 0.124 e. The number of halogens is 2. The fourth-order valence-electron chi connectivity index (χ4n) is 1.80. The molecule has 0 aliphatic rings. The summed E-state index contributed by atoms with van der Waals surface area (Å²) in [5, 5.41) is 3.18. The zero-order valence-electron chi connectivity index (χ0n) is 11.7. The van der Waals surface area contributed by atoms with Gasteiger partial charge in [0.05, 0.1) is 10.9 Å². The third-order valence-electron chi connectivity index (χ3n) is 2.82. The second-order valence-corrected chi connectivity index (χ2v) is 6.22. The number of benzene rings is 1. The van der Waals surface area contributed by atoms with Crippen LogP contribution in [0.15, 0.2) is 30.3 Å². The molecule has 0 aliphatic carbocycles. The third-order valence-corrected chi connectivity index (χ3v) is 4.02. The van der Waals surface area contributed by atoms with E-state index >= 15 is 0 Å². The maximum absolute atomic E-state index is 13.4. The molecule has 2 rings (SSSR count). The number of hydrogen-bond acceptors (Lipinski definition) is 4. The summed E-state index contributed by atoms with van der Waals surface area (Å²) in [6.45, 7) is 2.27. The van der Waals surface area contributed by atoms with Crippen molar-refractivity contribution in [1.29, 1.82) is 0 Å². The van der Waals surface area contributed by atoms with Crippen LogP contribution in [0.1, 0.15) is 10.4 Å². The molecule has 0 fully saturated rings. The van der Waals surface area contributed by atoms with Gasteiger partial charge in [-0.1, -0.05) is 11.6 Å². The summed E-state index contributed by atoms with van der Waals surface area (Å²) < 4.78 is 24.8. The van der Waals surface area contributed by atoms with Crippen LogP contribution in [0, 0.1) is 5.82 Å². The second kappa shape index (κ2) is 8.34. The predicted octanol–water partition coefficient (Wildman–Crippen LogP) is 3.86. The molecule has 0 aliphatic heterocycles. The Kier molecular flexibility index (Phi) is 6.45. The largest absolute Gasteiger partial charge is 0.488 e. The summed E-state index contributed by atoms with van der Waals surface area (Å²) in [5.41, 5.74) is 0.786. The average Bonchev–Trinajstić information content (AvgIpc) is 2.88. The first-order valence-electron chi connectivity index (χ1n) is 6.54. The van der Waals surface area contributed by atoms with Gasteiger partial charge in [0, 0.05) is 30.6 Å². The lowest BCUT2D eigenvalue weighted by atomic mass is 10.2. The highest BCUT2D eigenvalue weighted by Gasteiger charge is 2.07. The van der Waals surface area contributed by atoms with E-state index in [2.05, 4.69) is 5.32 Å². The van der Waals surface area contributed by atoms with E-state index in [-0.39, 0.29) is 5.82 Å². The molecule has 0 saturated heterocycles. The summed E-state index contributed by atoms with van der Waals surface area (Å²) in [4.78, 5) is 1.03. The minimum atomic E-state index is -0.273. The number of methoxy groups -OCH3 is 1. The van der Waals surface area contributed by atoms with E-state index in [1.165, 1.54) is 23.5 Å². The van der Waals surface area contributed by atoms with Crippen molar-refractivity contribution in [3.05, 3.63) is 50.9 Å². The monoisotopic (exact) mass is 329 g/mol. The molecule has 1 aromatic heterocycles. The summed E-state index contributed by atoms with van der Waals surface area (Å²) in [5.74, 6) is 0.399. The van der Waals surface area contributed by atoms with Gasteiger partial charge >= 0.3 is 0 Å². The van der Waals surface area contributed by atoms with Crippen LogP contribution in [0.2, 0.25) is 4.34 Å². The van der Waals surface area contributed by atoms with Crippen LogP contribution in [0.5, 0.6) is 5.75 Å². The van der Waals surface area contributed by atoms with Crippen molar-refractivity contribution < 1.29 is 13.9 Å². The van der Waals surface area contributed by atoms with Crippen molar-refractivity contribution in [3.63, 3.8) is 0 Å². The Morgan fingerprint density at radius 1 is 1.29 bits per heavy atom. The molecular weight excluding hydrogens is 313 g/mol. The Labute approximate surface area is 132 Å². The molecule has 21 heavy (non-hydrogen) atoms. The van der Waals surface area contributed by atoms with Gasteiger partial charge in [0.1, 0.15) is 18.2 Å². The summed E-state index contributed by atoms with van der Waals surface area (Å²) >= 11 is 7.36. The molecule has 0 unspecified atom stereocenters. The van der Waals surface area contributed by atoms with E-state index in [9.17, 15) is 4.39 Å². The molecule has 1 N–H and O–H groups in total. The molecule has 0 radical (unpaired) electrons. The lowest BCUT2D eigenvalue weighted by molar-refractivity contribution is 0.199. The van der Waals surface area contributed by atoms with Gasteiger partial charge in [-0.15, -0.1) is 11.3 Å². The van der Waals surface area contributed by atoms with E-state index in [0.29, 0.717) is 32.1 Å². The van der Waals surface area contributed by atoms with Gasteiger partial charge in [-0.2, -0.15) is 0 Å². The molecule has 2 aromatic rings. The lowest BCUT2D eigenvalue weighted by Gasteiger charge is -2.12. The average molecular weight is 330 g/mol. The van der Waals surface area contributed by atoms with Gasteiger partial charge in [-0.25, -0.2) is 4.39 Å². The zero-order chi connectivity index (χ0) is 15.1. The van der Waals surface area contributed by atoms with Crippen LogP contribution in [-0.4, -0.2) is 20.3 Å². The summed E-state index contributed by atoms with van der Waals surface area (Å²) in [7, 11) is 1.64. The number of ether oxygens (including phenoxy) is 2. The fraction of sp³-hybridized carbons (Fsp3) is 0.333. The van der Waals surface area contributed by atoms with Gasteiger partial charge in [-0.05, 0) is 30.3 Å². The van der Waals surface area contributed by atoms with Crippen molar-refractivity contribution >= 4 is 22.9 Å². The van der Waals surface area contributed by atoms with Gasteiger partial charge < -0.3 is 14.8 Å². The Morgan fingerprint density at radius 3 is 2.86 bits per heavy atom. The molecule has 0 amide bonds. The molecule has 3 nitrogen and oxygen atoms in total.